The van der Waals surface area contributed by atoms with Crippen LogP contribution >= 0.6 is 24.0 Å². The van der Waals surface area contributed by atoms with E-state index in [0.29, 0.717) is 6.61 Å². The van der Waals surface area contributed by atoms with Gasteiger partial charge in [-0.2, -0.15) is 0 Å². The summed E-state index contributed by atoms with van der Waals surface area (Å²) < 4.78 is 16.4. The number of aliphatic imine (C=N–C) groups is 1. The van der Waals surface area contributed by atoms with Gasteiger partial charge in [0.1, 0.15) is 0 Å². The Morgan fingerprint density at radius 2 is 2.18 bits per heavy atom. The molecule has 2 N–H and O–H groups in total. The molecule has 22 heavy (non-hydrogen) atoms. The Bertz CT molecular complexity index is 345. The van der Waals surface area contributed by atoms with E-state index < -0.39 is 0 Å². The van der Waals surface area contributed by atoms with Crippen LogP contribution in [0.15, 0.2) is 4.99 Å². The number of nitrogens with zero attached hydrogens (tertiary/aromatic N) is 1. The van der Waals surface area contributed by atoms with E-state index in [4.69, 9.17) is 14.2 Å². The van der Waals surface area contributed by atoms with Crippen molar-refractivity contribution in [1.82, 2.24) is 10.6 Å². The maximum atomic E-state index is 5.83. The quantitative estimate of drug-likeness (QED) is 0.365. The highest BCUT2D eigenvalue weighted by Crippen LogP contribution is 2.26. The molecule has 0 amide bonds. The van der Waals surface area contributed by atoms with Crippen molar-refractivity contribution in [3.63, 3.8) is 0 Å². The Morgan fingerprint density at radius 3 is 2.73 bits per heavy atom. The van der Waals surface area contributed by atoms with Gasteiger partial charge in [-0.25, -0.2) is 0 Å². The van der Waals surface area contributed by atoms with E-state index >= 15 is 0 Å². The van der Waals surface area contributed by atoms with Crippen molar-refractivity contribution >= 4 is 29.9 Å². The van der Waals surface area contributed by atoms with E-state index in [1.54, 1.807) is 0 Å². The van der Waals surface area contributed by atoms with Gasteiger partial charge in [-0.3, -0.25) is 4.99 Å². The van der Waals surface area contributed by atoms with Gasteiger partial charge in [0, 0.05) is 24.6 Å². The summed E-state index contributed by atoms with van der Waals surface area (Å²) in [6, 6.07) is 0.217. The largest absolute Gasteiger partial charge is 0.380 e. The van der Waals surface area contributed by atoms with Gasteiger partial charge in [0.05, 0.1) is 39.1 Å². The van der Waals surface area contributed by atoms with Crippen molar-refractivity contribution < 1.29 is 14.2 Å². The molecule has 7 heteroatoms. The number of ether oxygens (including phenoxy) is 3. The molecule has 0 aromatic heterocycles. The zero-order chi connectivity index (χ0) is 15.1. The molecule has 2 aliphatic heterocycles. The van der Waals surface area contributed by atoms with Gasteiger partial charge in [0.15, 0.2) is 5.96 Å². The van der Waals surface area contributed by atoms with Crippen LogP contribution in [-0.2, 0) is 14.2 Å². The molecular formula is C15H30IN3O3. The average molecular weight is 427 g/mol. The maximum absolute atomic E-state index is 5.83. The SMILES string of the molecule is CCNC(=NCC1(C)COC1)NC(C)COC1CCOC1.I. The van der Waals surface area contributed by atoms with Crippen molar-refractivity contribution in [2.75, 3.05) is 46.1 Å². The summed E-state index contributed by atoms with van der Waals surface area (Å²) in [5.41, 5.74) is 0.198. The van der Waals surface area contributed by atoms with E-state index in [9.17, 15) is 0 Å². The smallest absolute Gasteiger partial charge is 0.191 e. The summed E-state index contributed by atoms with van der Waals surface area (Å²) >= 11 is 0. The Morgan fingerprint density at radius 1 is 1.41 bits per heavy atom. The standard InChI is InChI=1S/C15H29N3O3.HI/c1-4-16-14(17-9-15(3)10-20-11-15)18-12(2)7-21-13-5-6-19-8-13;/h12-13H,4-11H2,1-3H3,(H2,16,17,18);1H. The summed E-state index contributed by atoms with van der Waals surface area (Å²) in [7, 11) is 0. The molecule has 0 bridgehead atoms. The lowest BCUT2D eigenvalue weighted by molar-refractivity contribution is -0.0945. The molecule has 2 fully saturated rings. The molecule has 0 spiro atoms. The first kappa shape index (κ1) is 19.9. The number of guanidine groups is 1. The lowest BCUT2D eigenvalue weighted by Gasteiger charge is -2.36. The Kier molecular flexibility index (Phi) is 8.96. The molecule has 2 atom stereocenters. The summed E-state index contributed by atoms with van der Waals surface area (Å²) in [5, 5.41) is 6.67. The molecule has 2 rings (SSSR count). The van der Waals surface area contributed by atoms with Crippen molar-refractivity contribution in [3.8, 4) is 0 Å². The summed E-state index contributed by atoms with van der Waals surface area (Å²) in [6.07, 6.45) is 1.25. The lowest BCUT2D eigenvalue weighted by Crippen LogP contribution is -2.47. The topological polar surface area (TPSA) is 64.1 Å². The van der Waals surface area contributed by atoms with E-state index in [1.165, 1.54) is 0 Å². The van der Waals surface area contributed by atoms with Crippen molar-refractivity contribution in [2.45, 2.75) is 39.3 Å². The van der Waals surface area contributed by atoms with Gasteiger partial charge in [-0.1, -0.05) is 6.92 Å². The molecule has 2 saturated heterocycles. The first-order valence-corrected chi connectivity index (χ1v) is 7.93. The molecular weight excluding hydrogens is 397 g/mol. The Labute approximate surface area is 150 Å². The minimum atomic E-state index is 0. The molecule has 0 saturated carbocycles. The zero-order valence-corrected chi connectivity index (χ0v) is 16.2. The fourth-order valence-corrected chi connectivity index (χ4v) is 2.33. The highest BCUT2D eigenvalue weighted by Gasteiger charge is 2.33. The third kappa shape index (κ3) is 6.55. The molecule has 6 nitrogen and oxygen atoms in total. The number of nitrogens with one attached hydrogen (secondary N) is 2. The maximum Gasteiger partial charge on any atom is 0.191 e. The van der Waals surface area contributed by atoms with Crippen LogP contribution in [0.4, 0.5) is 0 Å². The predicted molar refractivity (Wildman–Crippen MR) is 98.1 cm³/mol. The fraction of sp³-hybridized carbons (Fsp3) is 0.933. The average Bonchev–Trinajstić information content (AvgIpc) is 2.94. The summed E-state index contributed by atoms with van der Waals surface area (Å²) in [6.45, 7) is 11.8. The molecule has 0 radical (unpaired) electrons. The van der Waals surface area contributed by atoms with Gasteiger partial charge in [-0.05, 0) is 20.3 Å². The predicted octanol–water partition coefficient (Wildman–Crippen LogP) is 1.39. The minimum absolute atomic E-state index is 0. The van der Waals surface area contributed by atoms with Crippen LogP contribution in [0, 0.1) is 5.41 Å². The highest BCUT2D eigenvalue weighted by molar-refractivity contribution is 14.0. The van der Waals surface area contributed by atoms with Crippen LogP contribution < -0.4 is 10.6 Å². The molecule has 2 aliphatic rings. The van der Waals surface area contributed by atoms with E-state index in [1.807, 2.05) is 0 Å². The molecule has 0 aliphatic carbocycles. The molecule has 2 unspecified atom stereocenters. The fourth-order valence-electron chi connectivity index (χ4n) is 2.33. The van der Waals surface area contributed by atoms with Crippen LogP contribution in [0.25, 0.3) is 0 Å². The first-order valence-electron chi connectivity index (χ1n) is 7.93. The highest BCUT2D eigenvalue weighted by atomic mass is 127. The second kappa shape index (κ2) is 9.89. The van der Waals surface area contributed by atoms with Crippen molar-refractivity contribution in [1.29, 1.82) is 0 Å². The van der Waals surface area contributed by atoms with Gasteiger partial charge in [-0.15, -0.1) is 24.0 Å². The number of hydrogen-bond acceptors (Lipinski definition) is 4. The van der Waals surface area contributed by atoms with Crippen molar-refractivity contribution in [3.05, 3.63) is 0 Å². The van der Waals surface area contributed by atoms with Crippen LogP contribution in [-0.4, -0.2) is 64.2 Å². The van der Waals surface area contributed by atoms with Crippen LogP contribution in [0.3, 0.4) is 0 Å². The Balaban J connectivity index is 0.00000242. The first-order chi connectivity index (χ1) is 10.1. The third-order valence-electron chi connectivity index (χ3n) is 3.72. The van der Waals surface area contributed by atoms with E-state index in [-0.39, 0.29) is 41.5 Å². The van der Waals surface area contributed by atoms with E-state index in [2.05, 4.69) is 36.4 Å². The molecule has 130 valence electrons. The normalized spacial score (nSPS) is 25.0. The zero-order valence-electron chi connectivity index (χ0n) is 13.9. The van der Waals surface area contributed by atoms with Gasteiger partial charge < -0.3 is 24.8 Å². The van der Waals surface area contributed by atoms with E-state index in [0.717, 1.165) is 51.9 Å². The summed E-state index contributed by atoms with van der Waals surface area (Å²) in [5.74, 6) is 0.851. The molecule has 0 aromatic carbocycles. The van der Waals surface area contributed by atoms with Gasteiger partial charge in [0.25, 0.3) is 0 Å². The third-order valence-corrected chi connectivity index (χ3v) is 3.72. The van der Waals surface area contributed by atoms with Crippen LogP contribution in [0.5, 0.6) is 0 Å². The number of rotatable bonds is 7. The number of hydrogen-bond donors (Lipinski definition) is 2. The second-order valence-corrected chi connectivity index (χ2v) is 6.36. The van der Waals surface area contributed by atoms with Crippen molar-refractivity contribution in [2.24, 2.45) is 10.4 Å². The lowest BCUT2D eigenvalue weighted by atomic mass is 9.89. The second-order valence-electron chi connectivity index (χ2n) is 6.36. The minimum Gasteiger partial charge on any atom is -0.380 e. The van der Waals surface area contributed by atoms with Crippen LogP contribution in [0.1, 0.15) is 27.2 Å². The number of halogens is 1. The molecule has 0 aromatic rings. The molecule has 2 heterocycles. The van der Waals surface area contributed by atoms with Gasteiger partial charge in [0.2, 0.25) is 0 Å². The van der Waals surface area contributed by atoms with Gasteiger partial charge >= 0.3 is 0 Å². The van der Waals surface area contributed by atoms with Crippen LogP contribution in [0.2, 0.25) is 0 Å². The summed E-state index contributed by atoms with van der Waals surface area (Å²) in [4.78, 5) is 4.66. The Hall–Kier alpha value is -0.120. The monoisotopic (exact) mass is 427 g/mol.